The summed E-state index contributed by atoms with van der Waals surface area (Å²) in [5.41, 5.74) is 2.71. The van der Waals surface area contributed by atoms with Crippen LogP contribution in [0.3, 0.4) is 0 Å². The quantitative estimate of drug-likeness (QED) is 0.924. The molecule has 1 aromatic carbocycles. The van der Waals surface area contributed by atoms with E-state index < -0.39 is 0 Å². The number of furan rings is 1. The van der Waals surface area contributed by atoms with Crippen molar-refractivity contribution in [3.63, 3.8) is 0 Å². The van der Waals surface area contributed by atoms with Crippen LogP contribution in [0.4, 0.5) is 0 Å². The zero-order valence-electron chi connectivity index (χ0n) is 12.3. The minimum absolute atomic E-state index is 0.165. The lowest BCUT2D eigenvalue weighted by Gasteiger charge is -2.19. The third-order valence-corrected chi connectivity index (χ3v) is 3.26. The fraction of sp³-hybridized carbons (Fsp3) is 0.353. The number of hydrogen-bond acceptors (Lipinski definition) is 2. The minimum atomic E-state index is -0.165. The highest BCUT2D eigenvalue weighted by atomic mass is 16.3. The number of carbonyl (C=O) groups excluding carboxylic acids is 1. The monoisotopic (exact) mass is 271 g/mol. The molecule has 0 unspecified atom stereocenters. The molecule has 1 amide bonds. The summed E-state index contributed by atoms with van der Waals surface area (Å²) in [6, 6.07) is 11.9. The first-order valence-electron chi connectivity index (χ1n) is 6.88. The molecule has 20 heavy (non-hydrogen) atoms. The summed E-state index contributed by atoms with van der Waals surface area (Å²) in [7, 11) is 0. The standard InChI is InChI=1S/C17H21NO2/c1-17(2,3)14-8-6-13(7-9-14)10-11-18-16(19)15-5-4-12-20-15/h4-9,12H,10-11H2,1-3H3,(H,18,19). The number of amides is 1. The Balaban J connectivity index is 1.84. The fourth-order valence-electron chi connectivity index (χ4n) is 1.99. The molecule has 1 N–H and O–H groups in total. The summed E-state index contributed by atoms with van der Waals surface area (Å²) in [5.74, 6) is 0.189. The number of benzene rings is 1. The Kier molecular flexibility index (Phi) is 4.28. The molecule has 3 heteroatoms. The molecular weight excluding hydrogens is 250 g/mol. The van der Waals surface area contributed by atoms with Crippen LogP contribution in [0.15, 0.2) is 47.1 Å². The summed E-state index contributed by atoms with van der Waals surface area (Å²) in [5, 5.41) is 2.85. The lowest BCUT2D eigenvalue weighted by Crippen LogP contribution is -2.25. The first-order valence-corrected chi connectivity index (χ1v) is 6.88. The van der Waals surface area contributed by atoms with Gasteiger partial charge < -0.3 is 9.73 Å². The average Bonchev–Trinajstić information content (AvgIpc) is 2.92. The van der Waals surface area contributed by atoms with Crippen LogP contribution >= 0.6 is 0 Å². The van der Waals surface area contributed by atoms with Crippen molar-refractivity contribution in [2.24, 2.45) is 0 Å². The van der Waals surface area contributed by atoms with Gasteiger partial charge >= 0.3 is 0 Å². The van der Waals surface area contributed by atoms with Gasteiger partial charge in [0.05, 0.1) is 6.26 Å². The van der Waals surface area contributed by atoms with Gasteiger partial charge in [0.25, 0.3) is 5.91 Å². The Bertz CT molecular complexity index is 548. The second kappa shape index (κ2) is 5.95. The van der Waals surface area contributed by atoms with Crippen LogP contribution in [0.25, 0.3) is 0 Å². The first kappa shape index (κ1) is 14.4. The predicted octanol–water partition coefficient (Wildman–Crippen LogP) is 3.55. The zero-order valence-corrected chi connectivity index (χ0v) is 12.3. The van der Waals surface area contributed by atoms with E-state index in [-0.39, 0.29) is 11.3 Å². The Morgan fingerprint density at radius 1 is 1.15 bits per heavy atom. The van der Waals surface area contributed by atoms with Crippen LogP contribution in [-0.4, -0.2) is 12.5 Å². The van der Waals surface area contributed by atoms with Crippen molar-refractivity contribution in [1.82, 2.24) is 5.32 Å². The van der Waals surface area contributed by atoms with E-state index in [1.54, 1.807) is 12.1 Å². The van der Waals surface area contributed by atoms with E-state index in [1.807, 2.05) is 0 Å². The highest BCUT2D eigenvalue weighted by Gasteiger charge is 2.12. The van der Waals surface area contributed by atoms with Gasteiger partial charge in [0.15, 0.2) is 5.76 Å². The predicted molar refractivity (Wildman–Crippen MR) is 79.9 cm³/mol. The first-order chi connectivity index (χ1) is 9.47. The third kappa shape index (κ3) is 3.73. The number of hydrogen-bond donors (Lipinski definition) is 1. The minimum Gasteiger partial charge on any atom is -0.459 e. The van der Waals surface area contributed by atoms with Crippen LogP contribution in [0, 0.1) is 0 Å². The molecule has 0 saturated carbocycles. The van der Waals surface area contributed by atoms with Crippen LogP contribution in [0.5, 0.6) is 0 Å². The van der Waals surface area contributed by atoms with E-state index in [0.717, 1.165) is 6.42 Å². The molecule has 2 aromatic rings. The SMILES string of the molecule is CC(C)(C)c1ccc(CCNC(=O)c2ccco2)cc1. The van der Waals surface area contributed by atoms with Crippen molar-refractivity contribution in [2.45, 2.75) is 32.6 Å². The maximum absolute atomic E-state index is 11.7. The molecule has 0 aliphatic carbocycles. The summed E-state index contributed by atoms with van der Waals surface area (Å²) in [6.45, 7) is 7.21. The van der Waals surface area contributed by atoms with Crippen LogP contribution in [0.2, 0.25) is 0 Å². The van der Waals surface area contributed by atoms with E-state index in [1.165, 1.54) is 17.4 Å². The largest absolute Gasteiger partial charge is 0.459 e. The normalized spacial score (nSPS) is 11.3. The van der Waals surface area contributed by atoms with E-state index in [2.05, 4.69) is 50.4 Å². The van der Waals surface area contributed by atoms with Gasteiger partial charge in [-0.25, -0.2) is 0 Å². The van der Waals surface area contributed by atoms with Gasteiger partial charge in [-0.2, -0.15) is 0 Å². The molecule has 0 aliphatic rings. The molecule has 106 valence electrons. The topological polar surface area (TPSA) is 42.2 Å². The molecule has 1 heterocycles. The number of nitrogens with one attached hydrogen (secondary N) is 1. The van der Waals surface area contributed by atoms with Gasteiger partial charge in [0.2, 0.25) is 0 Å². The molecule has 0 aliphatic heterocycles. The maximum atomic E-state index is 11.7. The summed E-state index contributed by atoms with van der Waals surface area (Å²) in [4.78, 5) is 11.7. The molecule has 0 bridgehead atoms. The summed E-state index contributed by atoms with van der Waals surface area (Å²) >= 11 is 0. The fourth-order valence-corrected chi connectivity index (χ4v) is 1.99. The van der Waals surface area contributed by atoms with Gasteiger partial charge in [0.1, 0.15) is 0 Å². The molecule has 3 nitrogen and oxygen atoms in total. The van der Waals surface area contributed by atoms with Crippen molar-refractivity contribution in [3.05, 3.63) is 59.5 Å². The molecule has 0 saturated heterocycles. The highest BCUT2D eigenvalue weighted by Crippen LogP contribution is 2.22. The zero-order chi connectivity index (χ0) is 14.6. The summed E-state index contributed by atoms with van der Waals surface area (Å²) in [6.07, 6.45) is 2.32. The van der Waals surface area contributed by atoms with Gasteiger partial charge in [-0.1, -0.05) is 45.0 Å². The van der Waals surface area contributed by atoms with E-state index in [4.69, 9.17) is 4.42 Å². The van der Waals surface area contributed by atoms with Gasteiger partial charge in [-0.05, 0) is 35.1 Å². The molecule has 1 aromatic heterocycles. The van der Waals surface area contributed by atoms with Crippen molar-refractivity contribution in [2.75, 3.05) is 6.54 Å². The number of carbonyl (C=O) groups is 1. The Morgan fingerprint density at radius 3 is 2.40 bits per heavy atom. The molecule has 0 spiro atoms. The van der Waals surface area contributed by atoms with Crippen molar-refractivity contribution < 1.29 is 9.21 Å². The maximum Gasteiger partial charge on any atom is 0.286 e. The van der Waals surface area contributed by atoms with Crippen LogP contribution in [0.1, 0.15) is 42.5 Å². The Labute approximate surface area is 120 Å². The molecule has 0 atom stereocenters. The van der Waals surface area contributed by atoms with Gasteiger partial charge in [-0.3, -0.25) is 4.79 Å². The average molecular weight is 271 g/mol. The van der Waals surface area contributed by atoms with Crippen molar-refractivity contribution in [3.8, 4) is 0 Å². The van der Waals surface area contributed by atoms with Crippen molar-refractivity contribution >= 4 is 5.91 Å². The highest BCUT2D eigenvalue weighted by molar-refractivity contribution is 5.91. The van der Waals surface area contributed by atoms with E-state index in [9.17, 15) is 4.79 Å². The lowest BCUT2D eigenvalue weighted by atomic mass is 9.86. The Hall–Kier alpha value is -2.03. The second-order valence-electron chi connectivity index (χ2n) is 5.93. The Morgan fingerprint density at radius 2 is 1.85 bits per heavy atom. The van der Waals surface area contributed by atoms with E-state index in [0.29, 0.717) is 12.3 Å². The second-order valence-corrected chi connectivity index (χ2v) is 5.93. The van der Waals surface area contributed by atoms with Gasteiger partial charge in [0, 0.05) is 6.54 Å². The third-order valence-electron chi connectivity index (χ3n) is 3.26. The molecule has 2 rings (SSSR count). The van der Waals surface area contributed by atoms with Crippen LogP contribution in [-0.2, 0) is 11.8 Å². The summed E-state index contributed by atoms with van der Waals surface area (Å²) < 4.78 is 5.04. The van der Waals surface area contributed by atoms with Crippen molar-refractivity contribution in [1.29, 1.82) is 0 Å². The molecular formula is C17H21NO2. The van der Waals surface area contributed by atoms with Gasteiger partial charge in [-0.15, -0.1) is 0 Å². The van der Waals surface area contributed by atoms with E-state index >= 15 is 0 Å². The number of rotatable bonds is 4. The van der Waals surface area contributed by atoms with Crippen LogP contribution < -0.4 is 5.32 Å². The smallest absolute Gasteiger partial charge is 0.286 e. The molecule has 0 fully saturated rings. The lowest BCUT2D eigenvalue weighted by molar-refractivity contribution is 0.0926. The molecule has 0 radical (unpaired) electrons.